The van der Waals surface area contributed by atoms with Crippen LogP contribution in [0.2, 0.25) is 0 Å². The van der Waals surface area contributed by atoms with Gasteiger partial charge < -0.3 is 5.11 Å². The van der Waals surface area contributed by atoms with Gasteiger partial charge in [0.25, 0.3) is 5.69 Å². The second-order valence-electron chi connectivity index (χ2n) is 5.80. The van der Waals surface area contributed by atoms with Crippen LogP contribution in [0.5, 0.6) is 0 Å². The normalized spacial score (nSPS) is 13.2. The number of aryl methyl sites for hydroxylation is 2. The van der Waals surface area contributed by atoms with Crippen molar-refractivity contribution in [3.63, 3.8) is 0 Å². The molecule has 2 unspecified atom stereocenters. The van der Waals surface area contributed by atoms with E-state index in [1.54, 1.807) is 0 Å². The number of carbonyl (C=O) groups is 1. The van der Waals surface area contributed by atoms with Gasteiger partial charge in [-0.2, -0.15) is 0 Å². The van der Waals surface area contributed by atoms with Gasteiger partial charge in [0.05, 0.1) is 4.92 Å². The van der Waals surface area contributed by atoms with Crippen molar-refractivity contribution in [2.75, 3.05) is 0 Å². The van der Waals surface area contributed by atoms with E-state index in [0.717, 1.165) is 11.1 Å². The summed E-state index contributed by atoms with van der Waals surface area (Å²) in [5.41, 5.74) is 2.69. The fourth-order valence-corrected chi connectivity index (χ4v) is 3.73. The highest BCUT2D eigenvalue weighted by atomic mass is 32.2. The summed E-state index contributed by atoms with van der Waals surface area (Å²) in [5, 5.41) is 19.0. The molecule has 0 aromatic heterocycles. The maximum atomic E-state index is 12.4. The highest BCUT2D eigenvalue weighted by Crippen LogP contribution is 2.17. The summed E-state index contributed by atoms with van der Waals surface area (Å²) >= 11 is 0. The minimum absolute atomic E-state index is 0.0521. The maximum Gasteiger partial charge on any atom is 0.319 e. The predicted octanol–water partition coefficient (Wildman–Crippen LogP) is 3.24. The number of nitrogens with zero attached hydrogens (tertiary/aromatic N) is 1. The van der Waals surface area contributed by atoms with E-state index in [2.05, 4.69) is 0 Å². The van der Waals surface area contributed by atoms with Crippen LogP contribution in [0.1, 0.15) is 23.1 Å². The summed E-state index contributed by atoms with van der Waals surface area (Å²) in [5.74, 6) is -1.03. The zero-order chi connectivity index (χ0) is 18.4. The van der Waals surface area contributed by atoms with Crippen LogP contribution in [0.25, 0.3) is 0 Å². The Morgan fingerprint density at radius 3 is 2.20 bits per heavy atom. The number of non-ortho nitro benzene ring substituents is 1. The van der Waals surface area contributed by atoms with Gasteiger partial charge in [-0.05, 0) is 30.9 Å². The summed E-state index contributed by atoms with van der Waals surface area (Å²) < 4.78 is 12.4. The first-order valence-electron chi connectivity index (χ1n) is 7.75. The van der Waals surface area contributed by atoms with Crippen molar-refractivity contribution in [1.82, 2.24) is 0 Å². The first-order chi connectivity index (χ1) is 11.9. The Labute approximate surface area is 148 Å². The molecule has 0 saturated heterocycles. The van der Waals surface area contributed by atoms with Crippen molar-refractivity contribution in [3.8, 4) is 0 Å². The van der Waals surface area contributed by atoms with Gasteiger partial charge >= 0.3 is 5.97 Å². The van der Waals surface area contributed by atoms with Gasteiger partial charge in [0, 0.05) is 28.7 Å². The standard InChI is InChI=1S/C18H19NO5S/c1-13-2-4-14(5-3-13)8-11-17(18(20)21)25(24)12-15-6-9-16(10-7-15)19(22)23/h2-7,9-10,17H,8,11-12H2,1H3,(H,20,21). The molecule has 0 radical (unpaired) electrons. The predicted molar refractivity (Wildman–Crippen MR) is 95.9 cm³/mol. The third kappa shape index (κ3) is 5.49. The smallest absolute Gasteiger partial charge is 0.319 e. The number of hydrogen-bond acceptors (Lipinski definition) is 4. The monoisotopic (exact) mass is 361 g/mol. The summed E-state index contributed by atoms with van der Waals surface area (Å²) in [6, 6.07) is 13.5. The van der Waals surface area contributed by atoms with Crippen LogP contribution in [0, 0.1) is 17.0 Å². The average Bonchev–Trinajstić information content (AvgIpc) is 2.57. The molecule has 0 aliphatic rings. The SMILES string of the molecule is Cc1ccc(CCC(C(=O)O)S(=O)Cc2ccc([N+](=O)[O-])cc2)cc1. The summed E-state index contributed by atoms with van der Waals surface area (Å²) in [7, 11) is -1.60. The Balaban J connectivity index is 2.00. The van der Waals surface area contributed by atoms with Crippen molar-refractivity contribution in [1.29, 1.82) is 0 Å². The molecule has 2 aromatic rings. The van der Waals surface area contributed by atoms with E-state index in [4.69, 9.17) is 0 Å². The van der Waals surface area contributed by atoms with Crippen molar-refractivity contribution in [2.24, 2.45) is 0 Å². The number of nitro groups is 1. The van der Waals surface area contributed by atoms with E-state index in [1.807, 2.05) is 31.2 Å². The van der Waals surface area contributed by atoms with Gasteiger partial charge in [-0.15, -0.1) is 0 Å². The number of carboxylic acid groups (broad SMARTS) is 1. The fourth-order valence-electron chi connectivity index (χ4n) is 2.40. The van der Waals surface area contributed by atoms with Crippen LogP contribution in [-0.2, 0) is 27.8 Å². The average molecular weight is 361 g/mol. The molecule has 7 heteroatoms. The first kappa shape index (κ1) is 18.8. The van der Waals surface area contributed by atoms with Crippen LogP contribution in [0.4, 0.5) is 5.69 Å². The van der Waals surface area contributed by atoms with Crippen molar-refractivity contribution < 1.29 is 19.0 Å². The molecule has 2 rings (SSSR count). The van der Waals surface area contributed by atoms with Crippen LogP contribution >= 0.6 is 0 Å². The van der Waals surface area contributed by atoms with E-state index in [9.17, 15) is 24.2 Å². The van der Waals surface area contributed by atoms with Crippen LogP contribution < -0.4 is 0 Å². The van der Waals surface area contributed by atoms with E-state index in [-0.39, 0.29) is 17.9 Å². The van der Waals surface area contributed by atoms with Gasteiger partial charge in [0.1, 0.15) is 5.25 Å². The summed E-state index contributed by atoms with van der Waals surface area (Å²) in [6.45, 7) is 1.98. The Morgan fingerprint density at radius 2 is 1.68 bits per heavy atom. The molecule has 1 N–H and O–H groups in total. The molecule has 0 heterocycles. The molecule has 132 valence electrons. The minimum atomic E-state index is -1.60. The zero-order valence-corrected chi connectivity index (χ0v) is 14.6. The van der Waals surface area contributed by atoms with Gasteiger partial charge in [0.15, 0.2) is 0 Å². The highest BCUT2D eigenvalue weighted by Gasteiger charge is 2.24. The lowest BCUT2D eigenvalue weighted by Gasteiger charge is -2.12. The lowest BCUT2D eigenvalue weighted by molar-refractivity contribution is -0.384. The number of nitro benzene ring substituents is 1. The van der Waals surface area contributed by atoms with E-state index in [1.165, 1.54) is 24.3 Å². The summed E-state index contributed by atoms with van der Waals surface area (Å²) in [6.07, 6.45) is 0.807. The number of rotatable bonds is 8. The number of carboxylic acids is 1. The lowest BCUT2D eigenvalue weighted by Crippen LogP contribution is -2.27. The number of aliphatic carboxylic acids is 1. The third-order valence-electron chi connectivity index (χ3n) is 3.86. The molecule has 0 saturated carbocycles. The van der Waals surface area contributed by atoms with Crippen LogP contribution in [0.15, 0.2) is 48.5 Å². The molecule has 0 aliphatic heterocycles. The lowest BCUT2D eigenvalue weighted by atomic mass is 10.1. The molecular weight excluding hydrogens is 342 g/mol. The molecule has 2 atom stereocenters. The maximum absolute atomic E-state index is 12.4. The molecule has 0 fully saturated rings. The molecule has 0 spiro atoms. The largest absolute Gasteiger partial charge is 0.480 e. The second-order valence-corrected chi connectivity index (χ2v) is 7.42. The van der Waals surface area contributed by atoms with Crippen molar-refractivity contribution in [2.45, 2.75) is 30.8 Å². The Bertz CT molecular complexity index is 771. The van der Waals surface area contributed by atoms with Crippen molar-refractivity contribution >= 4 is 22.5 Å². The van der Waals surface area contributed by atoms with Gasteiger partial charge in [-0.3, -0.25) is 19.1 Å². The van der Waals surface area contributed by atoms with Crippen LogP contribution in [-0.4, -0.2) is 25.5 Å². The highest BCUT2D eigenvalue weighted by molar-refractivity contribution is 7.85. The van der Waals surface area contributed by atoms with Crippen molar-refractivity contribution in [3.05, 3.63) is 75.3 Å². The molecule has 6 nitrogen and oxygen atoms in total. The Morgan fingerprint density at radius 1 is 1.12 bits per heavy atom. The molecule has 2 aromatic carbocycles. The fraction of sp³-hybridized carbons (Fsp3) is 0.278. The third-order valence-corrected chi connectivity index (χ3v) is 5.55. The first-order valence-corrected chi connectivity index (χ1v) is 9.14. The number of benzene rings is 2. The van der Waals surface area contributed by atoms with Crippen LogP contribution in [0.3, 0.4) is 0 Å². The topological polar surface area (TPSA) is 97.5 Å². The number of hydrogen-bond donors (Lipinski definition) is 1. The molecular formula is C18H19NO5S. The molecule has 0 amide bonds. The Kier molecular flexibility index (Phi) is 6.41. The van der Waals surface area contributed by atoms with Gasteiger partial charge in [-0.1, -0.05) is 42.0 Å². The van der Waals surface area contributed by atoms with E-state index < -0.39 is 26.9 Å². The molecule has 25 heavy (non-hydrogen) atoms. The van der Waals surface area contributed by atoms with Gasteiger partial charge in [-0.25, -0.2) is 0 Å². The zero-order valence-electron chi connectivity index (χ0n) is 13.8. The minimum Gasteiger partial charge on any atom is -0.480 e. The van der Waals surface area contributed by atoms with E-state index in [0.29, 0.717) is 12.0 Å². The summed E-state index contributed by atoms with van der Waals surface area (Å²) in [4.78, 5) is 21.6. The van der Waals surface area contributed by atoms with Gasteiger partial charge in [0.2, 0.25) is 0 Å². The molecule has 0 bridgehead atoms. The Hall–Kier alpha value is -2.54. The quantitative estimate of drug-likeness (QED) is 0.575. The molecule has 0 aliphatic carbocycles. The second kappa shape index (κ2) is 8.53. The van der Waals surface area contributed by atoms with E-state index >= 15 is 0 Å².